The number of carbonyl (C=O) groups excluding carboxylic acids is 1. The second-order valence-electron chi connectivity index (χ2n) is 2.69. The van der Waals surface area contributed by atoms with Gasteiger partial charge in [0.2, 0.25) is 5.91 Å². The number of hydrogen-bond acceptors (Lipinski definition) is 1. The molecule has 2 nitrogen and oxygen atoms in total. The van der Waals surface area contributed by atoms with Crippen LogP contribution in [0.4, 0.5) is 17.6 Å². The van der Waals surface area contributed by atoms with E-state index in [-0.39, 0.29) is 5.91 Å². The lowest BCUT2D eigenvalue weighted by molar-refractivity contribution is -0.118. The van der Waals surface area contributed by atoms with E-state index in [1.165, 1.54) is 6.92 Å². The molecule has 0 heterocycles. The number of amides is 1. The summed E-state index contributed by atoms with van der Waals surface area (Å²) in [4.78, 5) is 9.70. The molecule has 0 saturated heterocycles. The van der Waals surface area contributed by atoms with Crippen molar-refractivity contribution >= 4 is 37.8 Å². The van der Waals surface area contributed by atoms with Crippen molar-refractivity contribution in [2.75, 3.05) is 7.05 Å². The largest absolute Gasteiger partial charge is 0.359 e. The number of hydrogen-bond donors (Lipinski definition) is 1. The molecule has 1 amide bonds. The maximum atomic E-state index is 12.6. The SMILES string of the molecule is CNC(C)=O.Fc1c(F)c(Br)c(F)c(F)c1Br. The molecular formula is C9H7Br2F4NO. The van der Waals surface area contributed by atoms with Gasteiger partial charge in [-0.2, -0.15) is 0 Å². The molecule has 0 atom stereocenters. The van der Waals surface area contributed by atoms with E-state index in [0.29, 0.717) is 0 Å². The van der Waals surface area contributed by atoms with Crippen LogP contribution in [-0.2, 0) is 4.79 Å². The molecule has 1 rings (SSSR count). The van der Waals surface area contributed by atoms with Gasteiger partial charge >= 0.3 is 0 Å². The third-order valence-electron chi connectivity index (χ3n) is 1.51. The molecule has 0 aliphatic heterocycles. The minimum Gasteiger partial charge on any atom is -0.359 e. The van der Waals surface area contributed by atoms with Crippen LogP contribution in [0, 0.1) is 23.3 Å². The van der Waals surface area contributed by atoms with E-state index in [0.717, 1.165) is 0 Å². The lowest BCUT2D eigenvalue weighted by Gasteiger charge is -2.02. The van der Waals surface area contributed by atoms with Crippen molar-refractivity contribution < 1.29 is 22.4 Å². The average molecular weight is 381 g/mol. The third-order valence-corrected chi connectivity index (χ3v) is 2.90. The standard InChI is InChI=1S/C6Br2F4.C3H7NO/c7-1-3(9)5(11)2(8)6(12)4(1)10;1-3(5)4-2/h;1-2H3,(H,4,5). The van der Waals surface area contributed by atoms with Crippen LogP contribution in [0.3, 0.4) is 0 Å². The maximum absolute atomic E-state index is 12.6. The first-order valence-corrected chi connectivity index (χ1v) is 5.67. The molecule has 0 unspecified atom stereocenters. The van der Waals surface area contributed by atoms with Crippen molar-refractivity contribution in [3.8, 4) is 0 Å². The Morgan fingerprint density at radius 1 is 0.941 bits per heavy atom. The summed E-state index contributed by atoms with van der Waals surface area (Å²) in [5, 5.41) is 2.39. The Morgan fingerprint density at radius 2 is 1.12 bits per heavy atom. The van der Waals surface area contributed by atoms with Crippen molar-refractivity contribution in [2.45, 2.75) is 6.92 Å². The first-order chi connectivity index (χ1) is 7.73. The smallest absolute Gasteiger partial charge is 0.216 e. The van der Waals surface area contributed by atoms with Crippen molar-refractivity contribution in [3.63, 3.8) is 0 Å². The monoisotopic (exact) mass is 379 g/mol. The van der Waals surface area contributed by atoms with Crippen molar-refractivity contribution in [2.24, 2.45) is 0 Å². The number of carbonyl (C=O) groups is 1. The van der Waals surface area contributed by atoms with Gasteiger partial charge in [-0.05, 0) is 31.9 Å². The first kappa shape index (κ1) is 16.4. The van der Waals surface area contributed by atoms with Gasteiger partial charge < -0.3 is 5.32 Å². The molecule has 1 aromatic rings. The van der Waals surface area contributed by atoms with Crippen molar-refractivity contribution in [1.29, 1.82) is 0 Å². The van der Waals surface area contributed by atoms with Gasteiger partial charge in [0.05, 0.1) is 8.95 Å². The Labute approximate surface area is 112 Å². The van der Waals surface area contributed by atoms with Gasteiger partial charge in [-0.3, -0.25) is 4.79 Å². The molecule has 0 radical (unpaired) electrons. The molecule has 1 aromatic carbocycles. The predicted octanol–water partition coefficient (Wildman–Crippen LogP) is 3.52. The lowest BCUT2D eigenvalue weighted by atomic mass is 10.3. The van der Waals surface area contributed by atoms with Gasteiger partial charge in [0, 0.05) is 14.0 Å². The zero-order valence-electron chi connectivity index (χ0n) is 8.68. The number of halogens is 6. The quantitative estimate of drug-likeness (QED) is 0.416. The van der Waals surface area contributed by atoms with Gasteiger partial charge in [-0.15, -0.1) is 0 Å². The third kappa shape index (κ3) is 4.27. The highest BCUT2D eigenvalue weighted by Crippen LogP contribution is 2.30. The zero-order chi connectivity index (χ0) is 13.7. The topological polar surface area (TPSA) is 29.1 Å². The molecule has 0 aliphatic carbocycles. The Hall–Kier alpha value is -0.630. The molecule has 0 fully saturated rings. The van der Waals surface area contributed by atoms with Crippen LogP contribution in [0.15, 0.2) is 8.95 Å². The summed E-state index contributed by atoms with van der Waals surface area (Å²) in [5.74, 6) is -5.83. The first-order valence-electron chi connectivity index (χ1n) is 4.09. The van der Waals surface area contributed by atoms with Gasteiger partial charge in [0.25, 0.3) is 0 Å². The fraction of sp³-hybridized carbons (Fsp3) is 0.222. The average Bonchev–Trinajstić information content (AvgIpc) is 2.32. The van der Waals surface area contributed by atoms with E-state index < -0.39 is 32.2 Å². The van der Waals surface area contributed by atoms with Gasteiger partial charge in [0.15, 0.2) is 23.3 Å². The molecule has 17 heavy (non-hydrogen) atoms. The van der Waals surface area contributed by atoms with Gasteiger partial charge in [0.1, 0.15) is 0 Å². The summed E-state index contributed by atoms with van der Waals surface area (Å²) < 4.78 is 48.6. The van der Waals surface area contributed by atoms with Crippen LogP contribution in [0.5, 0.6) is 0 Å². The highest BCUT2D eigenvalue weighted by molar-refractivity contribution is 9.11. The summed E-state index contributed by atoms with van der Waals surface area (Å²) in [7, 11) is 1.60. The second-order valence-corrected chi connectivity index (χ2v) is 4.28. The van der Waals surface area contributed by atoms with Crippen LogP contribution >= 0.6 is 31.9 Å². The molecule has 0 bridgehead atoms. The van der Waals surface area contributed by atoms with Crippen LogP contribution in [0.1, 0.15) is 6.92 Å². The van der Waals surface area contributed by atoms with Gasteiger partial charge in [-0.25, -0.2) is 17.6 Å². The fourth-order valence-electron chi connectivity index (χ4n) is 0.578. The summed E-state index contributed by atoms with van der Waals surface area (Å²) >= 11 is 4.73. The highest BCUT2D eigenvalue weighted by atomic mass is 79.9. The maximum Gasteiger partial charge on any atom is 0.216 e. The van der Waals surface area contributed by atoms with Crippen LogP contribution in [0.2, 0.25) is 0 Å². The normalized spacial score (nSPS) is 9.41. The predicted molar refractivity (Wildman–Crippen MR) is 61.4 cm³/mol. The zero-order valence-corrected chi connectivity index (χ0v) is 11.8. The van der Waals surface area contributed by atoms with E-state index >= 15 is 0 Å². The fourth-order valence-corrected chi connectivity index (χ4v) is 1.27. The lowest BCUT2D eigenvalue weighted by Crippen LogP contribution is -2.11. The molecular weight excluding hydrogens is 374 g/mol. The Balaban J connectivity index is 0.000000437. The summed E-state index contributed by atoms with van der Waals surface area (Å²) in [5.41, 5.74) is 0. The Bertz CT molecular complexity index is 334. The molecule has 0 aliphatic rings. The van der Waals surface area contributed by atoms with Crippen LogP contribution < -0.4 is 5.32 Å². The molecule has 0 spiro atoms. The molecule has 0 aromatic heterocycles. The second kappa shape index (κ2) is 6.95. The minimum atomic E-state index is -1.46. The highest BCUT2D eigenvalue weighted by Gasteiger charge is 2.21. The Kier molecular flexibility index (Phi) is 6.69. The number of nitrogens with one attached hydrogen (secondary N) is 1. The molecule has 8 heteroatoms. The van der Waals surface area contributed by atoms with E-state index in [9.17, 15) is 22.4 Å². The van der Waals surface area contributed by atoms with Crippen molar-refractivity contribution in [3.05, 3.63) is 32.2 Å². The molecule has 1 N–H and O–H groups in total. The summed E-state index contributed by atoms with van der Waals surface area (Å²) in [6.07, 6.45) is 0. The molecule has 0 saturated carbocycles. The Morgan fingerprint density at radius 3 is 1.24 bits per heavy atom. The summed E-state index contributed by atoms with van der Waals surface area (Å²) in [6.45, 7) is 1.47. The van der Waals surface area contributed by atoms with E-state index in [1.54, 1.807) is 7.05 Å². The number of rotatable bonds is 0. The van der Waals surface area contributed by atoms with Crippen molar-refractivity contribution in [1.82, 2.24) is 5.32 Å². The van der Waals surface area contributed by atoms with Crippen LogP contribution in [-0.4, -0.2) is 13.0 Å². The van der Waals surface area contributed by atoms with Crippen LogP contribution in [0.25, 0.3) is 0 Å². The minimum absolute atomic E-state index is 0.00463. The van der Waals surface area contributed by atoms with Gasteiger partial charge in [-0.1, -0.05) is 0 Å². The van der Waals surface area contributed by atoms with E-state index in [1.807, 2.05) is 0 Å². The van der Waals surface area contributed by atoms with E-state index in [2.05, 4.69) is 37.2 Å². The molecule has 96 valence electrons. The summed E-state index contributed by atoms with van der Waals surface area (Å²) in [6, 6.07) is 0. The van der Waals surface area contributed by atoms with E-state index in [4.69, 9.17) is 0 Å². The number of benzene rings is 1.